The number of urea groups is 1. The van der Waals surface area contributed by atoms with E-state index in [4.69, 9.17) is 0 Å². The summed E-state index contributed by atoms with van der Waals surface area (Å²) < 4.78 is 1.87. The van der Waals surface area contributed by atoms with E-state index in [0.717, 1.165) is 31.7 Å². The average Bonchev–Trinajstić information content (AvgIpc) is 2.93. The van der Waals surface area contributed by atoms with Gasteiger partial charge in [-0.25, -0.2) is 4.79 Å². The van der Waals surface area contributed by atoms with Crippen LogP contribution in [0.1, 0.15) is 43.9 Å². The molecular formula is C31H41N5O3. The molecule has 0 spiro atoms. The highest BCUT2D eigenvalue weighted by atomic mass is 16.2. The fourth-order valence-corrected chi connectivity index (χ4v) is 6.27. The number of hydrogen-bond donors (Lipinski definition) is 1. The van der Waals surface area contributed by atoms with Crippen LogP contribution in [-0.4, -0.2) is 83.1 Å². The van der Waals surface area contributed by atoms with E-state index in [0.29, 0.717) is 39.1 Å². The molecule has 1 N–H and O–H groups in total. The van der Waals surface area contributed by atoms with Crippen LogP contribution in [0, 0.1) is 11.8 Å². The summed E-state index contributed by atoms with van der Waals surface area (Å²) in [6, 6.07) is 15.0. The third-order valence-corrected chi connectivity index (χ3v) is 8.23. The zero-order valence-corrected chi connectivity index (χ0v) is 23.2. The van der Waals surface area contributed by atoms with E-state index in [2.05, 4.69) is 48.3 Å². The van der Waals surface area contributed by atoms with Gasteiger partial charge in [-0.3, -0.25) is 14.5 Å². The molecule has 4 heterocycles. The van der Waals surface area contributed by atoms with E-state index in [9.17, 15) is 14.4 Å². The number of rotatable bonds is 7. The van der Waals surface area contributed by atoms with Crippen LogP contribution in [0.3, 0.4) is 0 Å². The number of carbonyl (C=O) groups is 2. The first-order valence-corrected chi connectivity index (χ1v) is 14.4. The molecule has 3 aliphatic rings. The molecule has 208 valence electrons. The molecule has 0 aliphatic carbocycles. The summed E-state index contributed by atoms with van der Waals surface area (Å²) in [6.45, 7) is 9.84. The molecule has 1 aromatic heterocycles. The van der Waals surface area contributed by atoms with Crippen LogP contribution in [0.5, 0.6) is 0 Å². The van der Waals surface area contributed by atoms with Gasteiger partial charge < -0.3 is 19.7 Å². The molecule has 39 heavy (non-hydrogen) atoms. The van der Waals surface area contributed by atoms with Gasteiger partial charge in [0.15, 0.2) is 0 Å². The van der Waals surface area contributed by atoms with E-state index < -0.39 is 6.04 Å². The number of piperazine rings is 1. The molecule has 8 heteroatoms. The Balaban J connectivity index is 1.16. The quantitative estimate of drug-likeness (QED) is 0.595. The summed E-state index contributed by atoms with van der Waals surface area (Å²) in [5, 5.41) is 3.11. The Labute approximate surface area is 231 Å². The third-order valence-electron chi connectivity index (χ3n) is 8.23. The van der Waals surface area contributed by atoms with Crippen molar-refractivity contribution >= 4 is 18.0 Å². The van der Waals surface area contributed by atoms with Crippen molar-refractivity contribution in [2.75, 3.05) is 45.8 Å². The number of aromatic nitrogens is 1. The molecule has 0 unspecified atom stereocenters. The highest BCUT2D eigenvalue weighted by molar-refractivity contribution is 5.87. The first kappa shape index (κ1) is 27.2. The molecule has 8 nitrogen and oxygen atoms in total. The topological polar surface area (TPSA) is 77.9 Å². The molecular weight excluding hydrogens is 490 g/mol. The average molecular weight is 532 g/mol. The fraction of sp³-hybridized carbons (Fsp3) is 0.516. The minimum absolute atomic E-state index is 0.0191. The lowest BCUT2D eigenvalue weighted by Gasteiger charge is -2.43. The Kier molecular flexibility index (Phi) is 8.50. The smallest absolute Gasteiger partial charge is 0.318 e. The van der Waals surface area contributed by atoms with Crippen molar-refractivity contribution in [3.63, 3.8) is 0 Å². The molecule has 2 fully saturated rings. The van der Waals surface area contributed by atoms with E-state index in [-0.39, 0.29) is 35.3 Å². The van der Waals surface area contributed by atoms with Gasteiger partial charge >= 0.3 is 6.03 Å². The number of benzene rings is 1. The van der Waals surface area contributed by atoms with Crippen molar-refractivity contribution in [2.24, 2.45) is 11.8 Å². The number of pyridine rings is 1. The summed E-state index contributed by atoms with van der Waals surface area (Å²) in [5.74, 6) is 0.708. The first-order valence-electron chi connectivity index (χ1n) is 14.4. The van der Waals surface area contributed by atoms with Crippen molar-refractivity contribution in [1.82, 2.24) is 24.6 Å². The summed E-state index contributed by atoms with van der Waals surface area (Å²) in [5.41, 5.74) is 2.24. The van der Waals surface area contributed by atoms with Crippen molar-refractivity contribution in [1.29, 1.82) is 0 Å². The number of likely N-dealkylation sites (tertiary alicyclic amines) is 1. The largest absolute Gasteiger partial charge is 0.338 e. The highest BCUT2D eigenvalue weighted by Gasteiger charge is 2.37. The molecule has 0 saturated carbocycles. The van der Waals surface area contributed by atoms with Gasteiger partial charge in [0, 0.05) is 70.0 Å². The van der Waals surface area contributed by atoms with Crippen LogP contribution in [0.15, 0.2) is 59.4 Å². The molecule has 2 saturated heterocycles. The Morgan fingerprint density at radius 2 is 1.72 bits per heavy atom. The van der Waals surface area contributed by atoms with Crippen molar-refractivity contribution in [3.8, 4) is 0 Å². The number of nitrogens with zero attached hydrogens (tertiary/aromatic N) is 4. The predicted molar refractivity (Wildman–Crippen MR) is 153 cm³/mol. The monoisotopic (exact) mass is 531 g/mol. The zero-order valence-electron chi connectivity index (χ0n) is 23.2. The minimum Gasteiger partial charge on any atom is -0.338 e. The van der Waals surface area contributed by atoms with E-state index in [1.807, 2.05) is 44.7 Å². The minimum atomic E-state index is -0.529. The van der Waals surface area contributed by atoms with Gasteiger partial charge in [-0.2, -0.15) is 0 Å². The second kappa shape index (κ2) is 12.2. The maximum Gasteiger partial charge on any atom is 0.318 e. The summed E-state index contributed by atoms with van der Waals surface area (Å²) in [7, 11) is 0. The Hall–Kier alpha value is -3.39. The van der Waals surface area contributed by atoms with Crippen molar-refractivity contribution in [2.45, 2.75) is 45.2 Å². The maximum atomic E-state index is 13.6. The molecule has 3 amide bonds. The molecule has 5 rings (SSSR count). The number of hydrogen-bond acceptors (Lipinski definition) is 4. The summed E-state index contributed by atoms with van der Waals surface area (Å²) >= 11 is 0. The van der Waals surface area contributed by atoms with Gasteiger partial charge in [-0.05, 0) is 36.3 Å². The molecule has 1 aromatic carbocycles. The lowest BCUT2D eigenvalue weighted by molar-refractivity contribution is -0.135. The van der Waals surface area contributed by atoms with Gasteiger partial charge in [-0.1, -0.05) is 62.4 Å². The fourth-order valence-electron chi connectivity index (χ4n) is 6.27. The van der Waals surface area contributed by atoms with E-state index in [1.165, 1.54) is 5.56 Å². The highest BCUT2D eigenvalue weighted by Crippen LogP contribution is 2.35. The number of piperidine rings is 1. The van der Waals surface area contributed by atoms with Gasteiger partial charge in [0.1, 0.15) is 6.04 Å². The molecule has 3 aliphatic heterocycles. The standard InChI is InChI=1S/C31H41N5O3/c1-23(2)18-27(30(38)34-16-14-33(15-17-34)13-7-10-24-8-4-3-5-9-24)32-31(39)35-20-25-19-26(22-35)28-11-6-12-29(37)36(28)21-25/h3-12,23,25-27H,13-22H2,1-2H3,(H,32,39)/b10-7+/t25-,26+,27+/m0/s1. The molecule has 2 aromatic rings. The lowest BCUT2D eigenvalue weighted by atomic mass is 9.83. The van der Waals surface area contributed by atoms with Gasteiger partial charge in [0.2, 0.25) is 5.91 Å². The zero-order chi connectivity index (χ0) is 27.4. The Morgan fingerprint density at radius 1 is 0.949 bits per heavy atom. The van der Waals surface area contributed by atoms with Crippen LogP contribution in [0.25, 0.3) is 6.08 Å². The van der Waals surface area contributed by atoms with Crippen LogP contribution < -0.4 is 10.9 Å². The molecule has 2 bridgehead atoms. The number of fused-ring (bicyclic) bond motifs is 4. The Bertz CT molecular complexity index is 1230. The van der Waals surface area contributed by atoms with Crippen LogP contribution in [-0.2, 0) is 11.3 Å². The number of nitrogens with one attached hydrogen (secondary N) is 1. The van der Waals surface area contributed by atoms with E-state index >= 15 is 0 Å². The van der Waals surface area contributed by atoms with Gasteiger partial charge in [-0.15, -0.1) is 0 Å². The van der Waals surface area contributed by atoms with Crippen molar-refractivity contribution < 1.29 is 9.59 Å². The van der Waals surface area contributed by atoms with Crippen LogP contribution in [0.4, 0.5) is 4.79 Å². The van der Waals surface area contributed by atoms with Crippen LogP contribution in [0.2, 0.25) is 0 Å². The second-order valence-electron chi connectivity index (χ2n) is 11.7. The second-order valence-corrected chi connectivity index (χ2v) is 11.7. The van der Waals surface area contributed by atoms with E-state index in [1.54, 1.807) is 6.07 Å². The maximum absolute atomic E-state index is 13.6. The summed E-state index contributed by atoms with van der Waals surface area (Å²) in [6.07, 6.45) is 5.92. The third kappa shape index (κ3) is 6.61. The number of amides is 3. The van der Waals surface area contributed by atoms with Crippen molar-refractivity contribution in [3.05, 3.63) is 76.2 Å². The number of carbonyl (C=O) groups excluding carboxylic acids is 2. The van der Waals surface area contributed by atoms with Gasteiger partial charge in [0.25, 0.3) is 5.56 Å². The predicted octanol–water partition coefficient (Wildman–Crippen LogP) is 3.25. The SMILES string of the molecule is CC(C)C[C@@H](NC(=O)N1C[C@@H]2C[C@H](C1)c1cccc(=O)n1C2)C(=O)N1CCN(C/C=C/c2ccccc2)CC1. The molecule has 0 radical (unpaired) electrons. The lowest BCUT2D eigenvalue weighted by Crippen LogP contribution is -2.58. The first-order chi connectivity index (χ1) is 18.9. The normalized spacial score (nSPS) is 22.1. The van der Waals surface area contributed by atoms with Crippen LogP contribution >= 0.6 is 0 Å². The van der Waals surface area contributed by atoms with Gasteiger partial charge in [0.05, 0.1) is 0 Å². The molecule has 3 atom stereocenters. The summed E-state index contributed by atoms with van der Waals surface area (Å²) in [4.78, 5) is 45.5. The Morgan fingerprint density at radius 3 is 2.46 bits per heavy atom.